The molecular formula is C36H60O6. The first-order valence-electron chi connectivity index (χ1n) is 16.3. The van der Waals surface area contributed by atoms with Gasteiger partial charge in [0.2, 0.25) is 0 Å². The minimum atomic E-state index is -0.821. The molecule has 0 saturated carbocycles. The van der Waals surface area contributed by atoms with Gasteiger partial charge in [-0.05, 0) is 50.9 Å². The fraction of sp³-hybridized carbons (Fsp3) is 0.667. The molecule has 6 heteroatoms. The first-order valence-corrected chi connectivity index (χ1v) is 16.3. The molecule has 0 aromatic rings. The van der Waals surface area contributed by atoms with Gasteiger partial charge in [-0.3, -0.25) is 9.59 Å². The Bertz CT molecular complexity index is 793. The molecule has 1 unspecified atom stereocenters. The maximum absolute atomic E-state index is 12.1. The minimum absolute atomic E-state index is 0.109. The molecule has 240 valence electrons. The van der Waals surface area contributed by atoms with Gasteiger partial charge in [-0.2, -0.15) is 0 Å². The van der Waals surface area contributed by atoms with Crippen molar-refractivity contribution < 1.29 is 29.3 Å². The van der Waals surface area contributed by atoms with Gasteiger partial charge in [0.1, 0.15) is 6.61 Å². The summed E-state index contributed by atoms with van der Waals surface area (Å²) in [4.78, 5) is 24.0. The van der Waals surface area contributed by atoms with E-state index in [0.29, 0.717) is 19.3 Å². The lowest BCUT2D eigenvalue weighted by molar-refractivity contribution is -0.161. The smallest absolute Gasteiger partial charge is 0.306 e. The van der Waals surface area contributed by atoms with E-state index in [9.17, 15) is 19.8 Å². The van der Waals surface area contributed by atoms with Gasteiger partial charge in [-0.25, -0.2) is 0 Å². The van der Waals surface area contributed by atoms with Crippen LogP contribution in [-0.4, -0.2) is 47.6 Å². The molecule has 0 heterocycles. The lowest BCUT2D eigenvalue weighted by atomic mass is 10.0. The van der Waals surface area contributed by atoms with E-state index in [0.717, 1.165) is 50.9 Å². The predicted molar refractivity (Wildman–Crippen MR) is 174 cm³/mol. The Morgan fingerprint density at radius 2 is 1.38 bits per heavy atom. The second-order valence-electron chi connectivity index (χ2n) is 11.2. The van der Waals surface area contributed by atoms with Crippen LogP contribution in [0.4, 0.5) is 0 Å². The van der Waals surface area contributed by atoms with Gasteiger partial charge in [0.25, 0.3) is 0 Å². The van der Waals surface area contributed by atoms with Crippen LogP contribution in [0.25, 0.3) is 0 Å². The third kappa shape index (κ3) is 29.1. The Kier molecular flexibility index (Phi) is 28.3. The second-order valence-corrected chi connectivity index (χ2v) is 11.2. The molecule has 0 saturated heterocycles. The van der Waals surface area contributed by atoms with Gasteiger partial charge in [-0.15, -0.1) is 0 Å². The van der Waals surface area contributed by atoms with Crippen molar-refractivity contribution in [1.29, 1.82) is 0 Å². The molecule has 0 aromatic heterocycles. The summed E-state index contributed by atoms with van der Waals surface area (Å²) in [6, 6.07) is 0. The van der Waals surface area contributed by atoms with Gasteiger partial charge in [0.05, 0.1) is 12.7 Å². The Labute approximate surface area is 256 Å². The first-order chi connectivity index (χ1) is 20.4. The standard InChI is InChI=1S/C36H60O6/c1-4-5-6-7-16-21-26-33(38)27-22-17-12-8-9-13-19-24-29-36(40)42-34(30-37)31-41-35(39)28-23-18-14-10-11-15-20-25-32(2)3/h5-6,9,12-13,16-17,21-22,27,32-34,37-38H,4,7-8,10-11,14-15,18-20,23-26,28-31H2,1-3H3/b6-5-,13-9-,17-12-,21-16-,27-22+/t33?,34-/m0/s1. The van der Waals surface area contributed by atoms with Crippen LogP contribution >= 0.6 is 0 Å². The number of aliphatic hydroxyl groups excluding tert-OH is 2. The molecular weight excluding hydrogens is 528 g/mol. The average molecular weight is 589 g/mol. The highest BCUT2D eigenvalue weighted by molar-refractivity contribution is 5.70. The summed E-state index contributed by atoms with van der Waals surface area (Å²) >= 11 is 0. The molecule has 0 spiro atoms. The highest BCUT2D eigenvalue weighted by Gasteiger charge is 2.15. The molecule has 2 atom stereocenters. The van der Waals surface area contributed by atoms with Crippen molar-refractivity contribution in [3.05, 3.63) is 60.8 Å². The summed E-state index contributed by atoms with van der Waals surface area (Å²) in [6.45, 7) is 6.15. The summed E-state index contributed by atoms with van der Waals surface area (Å²) in [5.74, 6) is 0.0714. The lowest BCUT2D eigenvalue weighted by Gasteiger charge is -2.15. The number of hydrogen-bond acceptors (Lipinski definition) is 6. The van der Waals surface area contributed by atoms with Gasteiger partial charge >= 0.3 is 11.9 Å². The minimum Gasteiger partial charge on any atom is -0.462 e. The number of allylic oxidation sites excluding steroid dienone is 8. The van der Waals surface area contributed by atoms with Gasteiger partial charge in [0, 0.05) is 12.8 Å². The zero-order valence-electron chi connectivity index (χ0n) is 26.8. The Hall–Kier alpha value is -2.44. The van der Waals surface area contributed by atoms with Crippen LogP contribution < -0.4 is 0 Å². The topological polar surface area (TPSA) is 93.1 Å². The number of aliphatic hydroxyl groups is 2. The molecule has 0 aliphatic carbocycles. The van der Waals surface area contributed by atoms with Crippen molar-refractivity contribution in [2.24, 2.45) is 5.92 Å². The number of carbonyl (C=O) groups is 2. The number of unbranched alkanes of at least 4 members (excludes halogenated alkanes) is 7. The summed E-state index contributed by atoms with van der Waals surface area (Å²) in [5.41, 5.74) is 0. The van der Waals surface area contributed by atoms with Crippen molar-refractivity contribution in [2.45, 2.75) is 136 Å². The molecule has 0 aromatic carbocycles. The normalized spacial score (nSPS) is 13.9. The van der Waals surface area contributed by atoms with E-state index in [4.69, 9.17) is 9.47 Å². The molecule has 0 bridgehead atoms. The van der Waals surface area contributed by atoms with E-state index in [1.165, 1.54) is 32.1 Å². The molecule has 0 aliphatic rings. The van der Waals surface area contributed by atoms with Crippen LogP contribution in [0.2, 0.25) is 0 Å². The van der Waals surface area contributed by atoms with E-state index in [1.54, 1.807) is 6.08 Å². The monoisotopic (exact) mass is 588 g/mol. The molecule has 2 N–H and O–H groups in total. The van der Waals surface area contributed by atoms with Crippen molar-refractivity contribution in [2.75, 3.05) is 13.2 Å². The molecule has 0 amide bonds. The van der Waals surface area contributed by atoms with E-state index in [-0.39, 0.29) is 25.6 Å². The maximum atomic E-state index is 12.1. The number of esters is 2. The fourth-order valence-electron chi connectivity index (χ4n) is 4.09. The molecule has 0 rings (SSSR count). The maximum Gasteiger partial charge on any atom is 0.306 e. The van der Waals surface area contributed by atoms with Crippen LogP contribution in [-0.2, 0) is 19.1 Å². The zero-order chi connectivity index (χ0) is 31.1. The Balaban J connectivity index is 3.84. The van der Waals surface area contributed by atoms with Crippen LogP contribution in [0.3, 0.4) is 0 Å². The van der Waals surface area contributed by atoms with Crippen LogP contribution in [0.15, 0.2) is 60.8 Å². The summed E-state index contributed by atoms with van der Waals surface area (Å²) in [6.07, 6.45) is 33.2. The van der Waals surface area contributed by atoms with Crippen LogP contribution in [0, 0.1) is 5.92 Å². The molecule has 42 heavy (non-hydrogen) atoms. The SMILES string of the molecule is CC/C=C\C/C=C\CC(O)/C=C/C=C\C/C=C\CCCC(=O)O[C@@H](CO)COC(=O)CCCCCCCCCC(C)C. The number of ether oxygens (including phenoxy) is 2. The largest absolute Gasteiger partial charge is 0.462 e. The Morgan fingerprint density at radius 3 is 2.10 bits per heavy atom. The molecule has 0 fully saturated rings. The third-order valence-electron chi connectivity index (χ3n) is 6.58. The fourth-order valence-corrected chi connectivity index (χ4v) is 4.09. The van der Waals surface area contributed by atoms with Crippen molar-refractivity contribution in [3.8, 4) is 0 Å². The quantitative estimate of drug-likeness (QED) is 0.0433. The second kappa shape index (κ2) is 30.0. The van der Waals surface area contributed by atoms with Crippen LogP contribution in [0.5, 0.6) is 0 Å². The van der Waals surface area contributed by atoms with Crippen molar-refractivity contribution >= 4 is 11.9 Å². The van der Waals surface area contributed by atoms with E-state index in [2.05, 4.69) is 39.0 Å². The van der Waals surface area contributed by atoms with E-state index in [1.807, 2.05) is 36.5 Å². The van der Waals surface area contributed by atoms with Gasteiger partial charge in [0.15, 0.2) is 6.10 Å². The molecule has 6 nitrogen and oxygen atoms in total. The molecule has 0 radical (unpaired) electrons. The average Bonchev–Trinajstić information content (AvgIpc) is 2.96. The van der Waals surface area contributed by atoms with Gasteiger partial charge < -0.3 is 19.7 Å². The zero-order valence-corrected chi connectivity index (χ0v) is 26.8. The van der Waals surface area contributed by atoms with Crippen molar-refractivity contribution in [3.63, 3.8) is 0 Å². The van der Waals surface area contributed by atoms with E-state index < -0.39 is 18.2 Å². The summed E-state index contributed by atoms with van der Waals surface area (Å²) < 4.78 is 10.5. The predicted octanol–water partition coefficient (Wildman–Crippen LogP) is 8.49. The highest BCUT2D eigenvalue weighted by Crippen LogP contribution is 2.13. The molecule has 0 aliphatic heterocycles. The van der Waals surface area contributed by atoms with E-state index >= 15 is 0 Å². The number of hydrogen-bond donors (Lipinski definition) is 2. The lowest BCUT2D eigenvalue weighted by Crippen LogP contribution is -2.28. The summed E-state index contributed by atoms with van der Waals surface area (Å²) in [7, 11) is 0. The van der Waals surface area contributed by atoms with Crippen LogP contribution in [0.1, 0.15) is 124 Å². The van der Waals surface area contributed by atoms with Gasteiger partial charge in [-0.1, -0.05) is 126 Å². The number of carbonyl (C=O) groups excluding carboxylic acids is 2. The number of rotatable bonds is 27. The van der Waals surface area contributed by atoms with Crippen molar-refractivity contribution in [1.82, 2.24) is 0 Å². The Morgan fingerprint density at radius 1 is 0.738 bits per heavy atom. The third-order valence-corrected chi connectivity index (χ3v) is 6.58. The highest BCUT2D eigenvalue weighted by atomic mass is 16.6. The summed E-state index contributed by atoms with van der Waals surface area (Å²) in [5, 5.41) is 19.4. The first kappa shape index (κ1) is 39.6.